The van der Waals surface area contributed by atoms with Crippen molar-refractivity contribution in [1.29, 1.82) is 0 Å². The Bertz CT molecular complexity index is 453. The third-order valence-corrected chi connectivity index (χ3v) is 2.49. The van der Waals surface area contributed by atoms with Gasteiger partial charge in [0, 0.05) is 5.56 Å². The van der Waals surface area contributed by atoms with E-state index in [0.29, 0.717) is 6.29 Å². The van der Waals surface area contributed by atoms with Gasteiger partial charge in [-0.2, -0.15) is 0 Å². The number of aromatic nitrogens is 1. The van der Waals surface area contributed by atoms with Gasteiger partial charge < -0.3 is 9.53 Å². The van der Waals surface area contributed by atoms with Gasteiger partial charge >= 0.3 is 5.97 Å². The number of halogens is 3. The molecule has 92 valence electrons. The largest absolute Gasteiger partial charge is 0.465 e. The Morgan fingerprint density at radius 3 is 2.76 bits per heavy atom. The molecule has 0 saturated carbocycles. The van der Waals surface area contributed by atoms with E-state index in [2.05, 4.69) is 9.72 Å². The molecule has 1 atom stereocenters. The SMILES string of the molecule is CCOC(=O)C(C=O)c1cc(F)c(Cl)nc1Cl. The molecule has 0 saturated heterocycles. The molecule has 0 aromatic carbocycles. The van der Waals surface area contributed by atoms with Crippen molar-refractivity contribution in [2.24, 2.45) is 0 Å². The fourth-order valence-corrected chi connectivity index (χ4v) is 1.60. The lowest BCUT2D eigenvalue weighted by atomic mass is 10.0. The number of hydrogen-bond donors (Lipinski definition) is 0. The molecule has 1 aromatic rings. The van der Waals surface area contributed by atoms with Gasteiger partial charge in [0.15, 0.2) is 11.0 Å². The number of carbonyl (C=O) groups is 2. The minimum absolute atomic E-state index is 0.0676. The number of aldehydes is 1. The minimum atomic E-state index is -1.30. The number of rotatable bonds is 4. The molecule has 0 aliphatic carbocycles. The Labute approximate surface area is 107 Å². The van der Waals surface area contributed by atoms with Crippen molar-refractivity contribution in [3.05, 3.63) is 27.8 Å². The highest BCUT2D eigenvalue weighted by molar-refractivity contribution is 6.33. The summed E-state index contributed by atoms with van der Waals surface area (Å²) >= 11 is 11.1. The quantitative estimate of drug-likeness (QED) is 0.368. The average Bonchev–Trinajstić information content (AvgIpc) is 2.26. The summed E-state index contributed by atoms with van der Waals surface area (Å²) in [6.45, 7) is 1.69. The molecule has 17 heavy (non-hydrogen) atoms. The van der Waals surface area contributed by atoms with Crippen LogP contribution < -0.4 is 0 Å². The van der Waals surface area contributed by atoms with Gasteiger partial charge in [-0.1, -0.05) is 23.2 Å². The maximum absolute atomic E-state index is 13.2. The number of esters is 1. The molecule has 1 heterocycles. The van der Waals surface area contributed by atoms with Crippen LogP contribution in [-0.4, -0.2) is 23.8 Å². The summed E-state index contributed by atoms with van der Waals surface area (Å²) < 4.78 is 17.8. The third-order valence-electron chi connectivity index (χ3n) is 1.93. The van der Waals surface area contributed by atoms with Gasteiger partial charge in [0.25, 0.3) is 0 Å². The number of carbonyl (C=O) groups excluding carboxylic acids is 2. The topological polar surface area (TPSA) is 56.3 Å². The van der Waals surface area contributed by atoms with Gasteiger partial charge in [-0.05, 0) is 13.0 Å². The van der Waals surface area contributed by atoms with Gasteiger partial charge in [0.2, 0.25) is 0 Å². The molecular formula is C10H8Cl2FNO3. The highest BCUT2D eigenvalue weighted by Crippen LogP contribution is 2.26. The van der Waals surface area contributed by atoms with E-state index in [-0.39, 0.29) is 17.3 Å². The number of nitrogens with zero attached hydrogens (tertiary/aromatic N) is 1. The summed E-state index contributed by atoms with van der Waals surface area (Å²) in [7, 11) is 0. The van der Waals surface area contributed by atoms with E-state index in [0.717, 1.165) is 6.07 Å². The van der Waals surface area contributed by atoms with Crippen molar-refractivity contribution >= 4 is 35.5 Å². The van der Waals surface area contributed by atoms with E-state index < -0.39 is 22.9 Å². The zero-order valence-corrected chi connectivity index (χ0v) is 10.3. The summed E-state index contributed by atoms with van der Waals surface area (Å²) in [5.74, 6) is -2.98. The predicted molar refractivity (Wildman–Crippen MR) is 59.7 cm³/mol. The van der Waals surface area contributed by atoms with Crippen LogP contribution in [0.15, 0.2) is 6.07 Å². The van der Waals surface area contributed by atoms with E-state index in [1.54, 1.807) is 6.92 Å². The van der Waals surface area contributed by atoms with E-state index in [9.17, 15) is 14.0 Å². The zero-order valence-electron chi connectivity index (χ0n) is 8.75. The Hall–Kier alpha value is -1.20. The van der Waals surface area contributed by atoms with Crippen molar-refractivity contribution in [3.8, 4) is 0 Å². The van der Waals surface area contributed by atoms with Gasteiger partial charge in [0.05, 0.1) is 6.61 Å². The lowest BCUT2D eigenvalue weighted by Crippen LogP contribution is -2.18. The lowest BCUT2D eigenvalue weighted by Gasteiger charge is -2.11. The molecule has 0 radical (unpaired) electrons. The van der Waals surface area contributed by atoms with Gasteiger partial charge in [0.1, 0.15) is 17.4 Å². The molecule has 0 aliphatic rings. The molecule has 1 unspecified atom stereocenters. The highest BCUT2D eigenvalue weighted by Gasteiger charge is 2.25. The number of hydrogen-bond acceptors (Lipinski definition) is 4. The first kappa shape index (κ1) is 13.9. The molecule has 4 nitrogen and oxygen atoms in total. The maximum atomic E-state index is 13.2. The van der Waals surface area contributed by atoms with Gasteiger partial charge in [-0.15, -0.1) is 0 Å². The van der Waals surface area contributed by atoms with Crippen LogP contribution in [0.25, 0.3) is 0 Å². The van der Waals surface area contributed by atoms with Crippen LogP contribution in [0.5, 0.6) is 0 Å². The minimum Gasteiger partial charge on any atom is -0.465 e. The first-order chi connectivity index (χ1) is 8.01. The molecule has 0 N–H and O–H groups in total. The second-order valence-electron chi connectivity index (χ2n) is 3.01. The maximum Gasteiger partial charge on any atom is 0.320 e. The molecule has 1 aromatic heterocycles. The van der Waals surface area contributed by atoms with E-state index in [4.69, 9.17) is 23.2 Å². The average molecular weight is 280 g/mol. The van der Waals surface area contributed by atoms with Crippen LogP contribution in [0.4, 0.5) is 4.39 Å². The smallest absolute Gasteiger partial charge is 0.320 e. The highest BCUT2D eigenvalue weighted by atomic mass is 35.5. The molecule has 0 aliphatic heterocycles. The normalized spacial score (nSPS) is 12.0. The molecule has 7 heteroatoms. The summed E-state index contributed by atoms with van der Waals surface area (Å²) in [5, 5.41) is -0.631. The van der Waals surface area contributed by atoms with Crippen LogP contribution in [0.1, 0.15) is 18.4 Å². The Morgan fingerprint density at radius 1 is 1.59 bits per heavy atom. The van der Waals surface area contributed by atoms with Crippen LogP contribution in [-0.2, 0) is 14.3 Å². The van der Waals surface area contributed by atoms with E-state index in [1.165, 1.54) is 0 Å². The number of pyridine rings is 1. The molecule has 0 amide bonds. The van der Waals surface area contributed by atoms with Crippen molar-refractivity contribution in [2.75, 3.05) is 6.61 Å². The third kappa shape index (κ3) is 3.14. The van der Waals surface area contributed by atoms with Crippen molar-refractivity contribution in [3.63, 3.8) is 0 Å². The van der Waals surface area contributed by atoms with Crippen LogP contribution in [0, 0.1) is 5.82 Å². The fourth-order valence-electron chi connectivity index (χ4n) is 1.17. The standard InChI is InChI=1S/C10H8Cl2FNO3/c1-2-17-10(16)6(4-15)5-3-7(13)9(12)14-8(5)11/h3-4,6H,2H2,1H3. The second kappa shape index (κ2) is 5.93. The second-order valence-corrected chi connectivity index (χ2v) is 3.72. The van der Waals surface area contributed by atoms with Crippen molar-refractivity contribution in [1.82, 2.24) is 4.98 Å². The Balaban J connectivity index is 3.16. The summed E-state index contributed by atoms with van der Waals surface area (Å²) in [5.41, 5.74) is -0.0676. The first-order valence-electron chi connectivity index (χ1n) is 4.64. The zero-order chi connectivity index (χ0) is 13.0. The Kier molecular flexibility index (Phi) is 4.84. The number of ether oxygens (including phenoxy) is 1. The monoisotopic (exact) mass is 279 g/mol. The molecule has 0 fully saturated rings. The Morgan fingerprint density at radius 2 is 2.24 bits per heavy atom. The van der Waals surface area contributed by atoms with E-state index in [1.807, 2.05) is 0 Å². The predicted octanol–water partition coefficient (Wildman–Crippen LogP) is 2.37. The van der Waals surface area contributed by atoms with Gasteiger partial charge in [-0.3, -0.25) is 4.79 Å². The summed E-state index contributed by atoms with van der Waals surface area (Å²) in [6.07, 6.45) is 0.314. The molecule has 0 bridgehead atoms. The van der Waals surface area contributed by atoms with E-state index >= 15 is 0 Å². The van der Waals surface area contributed by atoms with Crippen molar-refractivity contribution < 1.29 is 18.7 Å². The summed E-state index contributed by atoms with van der Waals surface area (Å²) in [6, 6.07) is 0.896. The first-order valence-corrected chi connectivity index (χ1v) is 5.40. The molecular weight excluding hydrogens is 272 g/mol. The summed E-state index contributed by atoms with van der Waals surface area (Å²) in [4.78, 5) is 25.7. The molecule has 0 spiro atoms. The lowest BCUT2D eigenvalue weighted by molar-refractivity contribution is -0.146. The van der Waals surface area contributed by atoms with Gasteiger partial charge in [-0.25, -0.2) is 9.37 Å². The van der Waals surface area contributed by atoms with Crippen LogP contribution in [0.3, 0.4) is 0 Å². The fraction of sp³-hybridized carbons (Fsp3) is 0.300. The van der Waals surface area contributed by atoms with Crippen LogP contribution in [0.2, 0.25) is 10.3 Å². The van der Waals surface area contributed by atoms with Crippen molar-refractivity contribution in [2.45, 2.75) is 12.8 Å². The van der Waals surface area contributed by atoms with Crippen LogP contribution >= 0.6 is 23.2 Å². The molecule has 1 rings (SSSR count).